The van der Waals surface area contributed by atoms with Gasteiger partial charge in [-0.15, -0.1) is 0 Å². The van der Waals surface area contributed by atoms with Crippen LogP contribution in [0.2, 0.25) is 0 Å². The van der Waals surface area contributed by atoms with Crippen LogP contribution in [0.3, 0.4) is 0 Å². The van der Waals surface area contributed by atoms with Crippen molar-refractivity contribution in [1.82, 2.24) is 0 Å². The average molecular weight is 340 g/mol. The first kappa shape index (κ1) is 17.2. The Kier molecular flexibility index (Phi) is 5.14. The molecule has 1 unspecified atom stereocenters. The molecule has 0 spiro atoms. The van der Waals surface area contributed by atoms with Crippen LogP contribution in [-0.4, -0.2) is 36.9 Å². The molecule has 2 aromatic rings. The molecule has 0 bridgehead atoms. The lowest BCUT2D eigenvalue weighted by molar-refractivity contribution is 0.0159. The predicted octanol–water partition coefficient (Wildman–Crippen LogP) is 2.70. The first-order valence-electron chi connectivity index (χ1n) is 8.20. The molecular formula is C20H20O5. The Morgan fingerprint density at radius 3 is 1.68 bits per heavy atom. The Morgan fingerprint density at radius 2 is 1.32 bits per heavy atom. The highest BCUT2D eigenvalue weighted by molar-refractivity contribution is 5.89. The summed E-state index contributed by atoms with van der Waals surface area (Å²) in [6, 6.07) is 17.4. The molecule has 2 aromatic carbocycles. The largest absolute Gasteiger partial charge is 0.461 e. The van der Waals surface area contributed by atoms with Crippen LogP contribution in [-0.2, 0) is 9.47 Å². The summed E-state index contributed by atoms with van der Waals surface area (Å²) in [5, 5.41) is 9.43. The molecule has 25 heavy (non-hydrogen) atoms. The highest BCUT2D eigenvalue weighted by atomic mass is 16.5. The van der Waals surface area contributed by atoms with Gasteiger partial charge in [-0.1, -0.05) is 36.4 Å². The van der Waals surface area contributed by atoms with Gasteiger partial charge in [0.15, 0.2) is 0 Å². The molecule has 3 rings (SSSR count). The number of ether oxygens (including phenoxy) is 2. The molecule has 0 aromatic heterocycles. The monoisotopic (exact) mass is 340 g/mol. The van der Waals surface area contributed by atoms with Crippen LogP contribution in [0.4, 0.5) is 0 Å². The second-order valence-electron chi connectivity index (χ2n) is 6.33. The molecule has 0 radical (unpaired) electrons. The molecular weight excluding hydrogens is 320 g/mol. The fourth-order valence-electron chi connectivity index (χ4n) is 2.82. The van der Waals surface area contributed by atoms with E-state index in [2.05, 4.69) is 0 Å². The van der Waals surface area contributed by atoms with Crippen molar-refractivity contribution in [2.75, 3.05) is 19.8 Å². The van der Waals surface area contributed by atoms with E-state index in [4.69, 9.17) is 9.47 Å². The summed E-state index contributed by atoms with van der Waals surface area (Å²) in [7, 11) is 0. The Hall–Kier alpha value is -2.66. The lowest BCUT2D eigenvalue weighted by Crippen LogP contribution is -2.25. The highest BCUT2D eigenvalue weighted by Crippen LogP contribution is 2.52. The molecule has 1 aliphatic rings. The number of benzene rings is 2. The standard InChI is InChI=1S/C20H20O5/c21-12-17-11-20(17,13-24-18(22)15-7-3-1-4-8-15)14-25-19(23)16-9-5-2-6-10-16/h1-10,17,21H,11-14H2. The van der Waals surface area contributed by atoms with Gasteiger partial charge < -0.3 is 14.6 Å². The fraction of sp³-hybridized carbons (Fsp3) is 0.300. The first-order valence-corrected chi connectivity index (χ1v) is 8.20. The Morgan fingerprint density at radius 1 is 0.880 bits per heavy atom. The number of aliphatic hydroxyl groups is 1. The maximum absolute atomic E-state index is 12.1. The Labute approximate surface area is 146 Å². The summed E-state index contributed by atoms with van der Waals surface area (Å²) < 4.78 is 10.8. The van der Waals surface area contributed by atoms with Gasteiger partial charge >= 0.3 is 11.9 Å². The smallest absolute Gasteiger partial charge is 0.338 e. The average Bonchev–Trinajstić information content (AvgIpc) is 3.39. The zero-order valence-corrected chi connectivity index (χ0v) is 13.8. The highest BCUT2D eigenvalue weighted by Gasteiger charge is 2.55. The van der Waals surface area contributed by atoms with E-state index in [0.29, 0.717) is 17.5 Å². The molecule has 1 fully saturated rings. The molecule has 5 nitrogen and oxygen atoms in total. The summed E-state index contributed by atoms with van der Waals surface area (Å²) >= 11 is 0. The minimum Gasteiger partial charge on any atom is -0.461 e. The van der Waals surface area contributed by atoms with Gasteiger partial charge in [0.2, 0.25) is 0 Å². The van der Waals surface area contributed by atoms with Crippen molar-refractivity contribution in [2.24, 2.45) is 11.3 Å². The van der Waals surface area contributed by atoms with Crippen LogP contribution in [0, 0.1) is 11.3 Å². The number of hydrogen-bond acceptors (Lipinski definition) is 5. The third kappa shape index (κ3) is 4.06. The van der Waals surface area contributed by atoms with Gasteiger partial charge in [-0.2, -0.15) is 0 Å². The molecule has 0 saturated heterocycles. The zero-order valence-electron chi connectivity index (χ0n) is 13.8. The lowest BCUT2D eigenvalue weighted by atomic mass is 10.1. The normalized spacial score (nSPS) is 17.6. The first-order chi connectivity index (χ1) is 12.1. The van der Waals surface area contributed by atoms with Gasteiger partial charge in [-0.25, -0.2) is 9.59 Å². The molecule has 0 heterocycles. The second-order valence-corrected chi connectivity index (χ2v) is 6.33. The third-order valence-corrected chi connectivity index (χ3v) is 4.58. The van der Waals surface area contributed by atoms with Gasteiger partial charge in [0.05, 0.1) is 11.1 Å². The van der Waals surface area contributed by atoms with E-state index in [-0.39, 0.29) is 25.7 Å². The van der Waals surface area contributed by atoms with Crippen LogP contribution >= 0.6 is 0 Å². The summed E-state index contributed by atoms with van der Waals surface area (Å²) in [5.41, 5.74) is 0.448. The van der Waals surface area contributed by atoms with E-state index in [0.717, 1.165) is 0 Å². The van der Waals surface area contributed by atoms with Crippen molar-refractivity contribution < 1.29 is 24.2 Å². The summed E-state index contributed by atoms with van der Waals surface area (Å²) in [6.07, 6.45) is 0.660. The lowest BCUT2D eigenvalue weighted by Gasteiger charge is -2.17. The van der Waals surface area contributed by atoms with Crippen LogP contribution in [0.5, 0.6) is 0 Å². The van der Waals surface area contributed by atoms with Crippen molar-refractivity contribution in [3.8, 4) is 0 Å². The van der Waals surface area contributed by atoms with Gasteiger partial charge in [0.1, 0.15) is 13.2 Å². The maximum Gasteiger partial charge on any atom is 0.338 e. The van der Waals surface area contributed by atoms with Crippen molar-refractivity contribution >= 4 is 11.9 Å². The molecule has 0 amide bonds. The number of hydrogen-bond donors (Lipinski definition) is 1. The van der Waals surface area contributed by atoms with E-state index >= 15 is 0 Å². The van der Waals surface area contributed by atoms with Crippen LogP contribution in [0.15, 0.2) is 60.7 Å². The van der Waals surface area contributed by atoms with Gasteiger partial charge in [-0.05, 0) is 36.6 Å². The molecule has 1 saturated carbocycles. The van der Waals surface area contributed by atoms with Crippen molar-refractivity contribution in [3.05, 3.63) is 71.8 Å². The topological polar surface area (TPSA) is 72.8 Å². The number of aliphatic hydroxyl groups excluding tert-OH is 1. The summed E-state index contributed by atoms with van der Waals surface area (Å²) in [5.74, 6) is -0.865. The van der Waals surface area contributed by atoms with Crippen molar-refractivity contribution in [3.63, 3.8) is 0 Å². The van der Waals surface area contributed by atoms with E-state index < -0.39 is 17.4 Å². The van der Waals surface area contributed by atoms with E-state index in [1.165, 1.54) is 0 Å². The van der Waals surface area contributed by atoms with Crippen LogP contribution in [0.25, 0.3) is 0 Å². The Balaban J connectivity index is 1.57. The van der Waals surface area contributed by atoms with E-state index in [1.807, 2.05) is 12.1 Å². The number of esters is 2. The van der Waals surface area contributed by atoms with Gasteiger partial charge in [0.25, 0.3) is 0 Å². The van der Waals surface area contributed by atoms with Gasteiger partial charge in [0, 0.05) is 12.0 Å². The molecule has 5 heteroatoms. The van der Waals surface area contributed by atoms with Crippen molar-refractivity contribution in [1.29, 1.82) is 0 Å². The molecule has 130 valence electrons. The minimum absolute atomic E-state index is 0.0220. The maximum atomic E-state index is 12.1. The Bertz CT molecular complexity index is 671. The predicted molar refractivity (Wildman–Crippen MR) is 91.1 cm³/mol. The SMILES string of the molecule is O=C(OCC1(COC(=O)c2ccccc2)CC1CO)c1ccccc1. The summed E-state index contributed by atoms with van der Waals surface area (Å²) in [6.45, 7) is 0.216. The van der Waals surface area contributed by atoms with Crippen LogP contribution < -0.4 is 0 Å². The third-order valence-electron chi connectivity index (χ3n) is 4.58. The number of carbonyl (C=O) groups excluding carboxylic acids is 2. The summed E-state index contributed by atoms with van der Waals surface area (Å²) in [4.78, 5) is 24.2. The van der Waals surface area contributed by atoms with Crippen LogP contribution in [0.1, 0.15) is 27.1 Å². The van der Waals surface area contributed by atoms with E-state index in [1.54, 1.807) is 48.5 Å². The fourth-order valence-corrected chi connectivity index (χ4v) is 2.82. The van der Waals surface area contributed by atoms with E-state index in [9.17, 15) is 14.7 Å². The molecule has 1 N–H and O–H groups in total. The minimum atomic E-state index is -0.496. The van der Waals surface area contributed by atoms with Crippen molar-refractivity contribution in [2.45, 2.75) is 6.42 Å². The number of carbonyl (C=O) groups is 2. The molecule has 1 aliphatic carbocycles. The zero-order chi connectivity index (χ0) is 17.7. The number of rotatable bonds is 7. The second kappa shape index (κ2) is 7.49. The van der Waals surface area contributed by atoms with Gasteiger partial charge in [-0.3, -0.25) is 0 Å². The quantitative estimate of drug-likeness (QED) is 0.785. The molecule has 1 atom stereocenters. The molecule has 0 aliphatic heterocycles.